The maximum absolute atomic E-state index is 4.58. The SMILES string of the molecule is CCC1(CC)NN=C2SC3C(=NNC3c3ccccc3)N2N1. The second-order valence-corrected chi connectivity index (χ2v) is 6.88. The third-order valence-corrected chi connectivity index (χ3v) is 5.81. The maximum Gasteiger partial charge on any atom is 0.204 e. The molecule has 3 N–H and O–H groups in total. The summed E-state index contributed by atoms with van der Waals surface area (Å²) < 4.78 is 0. The van der Waals surface area contributed by atoms with E-state index >= 15 is 0 Å². The molecule has 6 nitrogen and oxygen atoms in total. The van der Waals surface area contributed by atoms with Crippen molar-refractivity contribution < 1.29 is 0 Å². The van der Waals surface area contributed by atoms with Crippen molar-refractivity contribution in [1.82, 2.24) is 21.3 Å². The van der Waals surface area contributed by atoms with Gasteiger partial charge < -0.3 is 0 Å². The highest BCUT2D eigenvalue weighted by atomic mass is 32.2. The average Bonchev–Trinajstić information content (AvgIpc) is 3.14. The number of nitrogens with zero attached hydrogens (tertiary/aromatic N) is 3. The van der Waals surface area contributed by atoms with Crippen molar-refractivity contribution in [3.05, 3.63) is 35.9 Å². The summed E-state index contributed by atoms with van der Waals surface area (Å²) in [5.74, 6) is 1.02. The number of hydrogen-bond donors (Lipinski definition) is 3. The van der Waals surface area contributed by atoms with Crippen molar-refractivity contribution >= 4 is 22.8 Å². The normalized spacial score (nSPS) is 28.2. The van der Waals surface area contributed by atoms with Crippen molar-refractivity contribution in [3.63, 3.8) is 0 Å². The van der Waals surface area contributed by atoms with Gasteiger partial charge in [-0.25, -0.2) is 5.01 Å². The maximum atomic E-state index is 4.58. The van der Waals surface area contributed by atoms with E-state index in [1.54, 1.807) is 11.8 Å². The Balaban J connectivity index is 1.61. The minimum Gasteiger partial charge on any atom is -0.299 e. The summed E-state index contributed by atoms with van der Waals surface area (Å²) in [6.45, 7) is 4.32. The zero-order valence-corrected chi connectivity index (χ0v) is 13.5. The Kier molecular flexibility index (Phi) is 3.27. The number of fused-ring (bicyclic) bond motifs is 3. The summed E-state index contributed by atoms with van der Waals surface area (Å²) in [6.07, 6.45) is 1.91. The van der Waals surface area contributed by atoms with Gasteiger partial charge in [0.1, 0.15) is 5.66 Å². The predicted octanol–water partition coefficient (Wildman–Crippen LogP) is 1.96. The lowest BCUT2D eigenvalue weighted by Gasteiger charge is -2.40. The van der Waals surface area contributed by atoms with Crippen LogP contribution in [0.5, 0.6) is 0 Å². The fraction of sp³-hybridized carbons (Fsp3) is 0.467. The molecule has 2 atom stereocenters. The van der Waals surface area contributed by atoms with Crippen LogP contribution in [0.1, 0.15) is 38.3 Å². The Hall–Kier alpha value is -1.73. The highest BCUT2D eigenvalue weighted by molar-refractivity contribution is 8.15. The zero-order chi connectivity index (χ0) is 15.2. The topological polar surface area (TPSA) is 64.0 Å². The first kappa shape index (κ1) is 13.9. The zero-order valence-electron chi connectivity index (χ0n) is 12.7. The average molecular weight is 316 g/mol. The minimum atomic E-state index is -0.188. The van der Waals surface area contributed by atoms with Gasteiger partial charge in [-0.3, -0.25) is 10.9 Å². The van der Waals surface area contributed by atoms with Gasteiger partial charge in [-0.15, -0.1) is 0 Å². The monoisotopic (exact) mass is 316 g/mol. The van der Waals surface area contributed by atoms with Gasteiger partial charge in [0.15, 0.2) is 5.84 Å². The molecule has 1 aromatic carbocycles. The van der Waals surface area contributed by atoms with E-state index in [1.807, 2.05) is 6.07 Å². The molecule has 3 aliphatic heterocycles. The molecule has 1 fully saturated rings. The molecule has 3 heterocycles. The Morgan fingerprint density at radius 1 is 1.18 bits per heavy atom. The Bertz CT molecular complexity index is 624. The Morgan fingerprint density at radius 2 is 1.95 bits per heavy atom. The van der Waals surface area contributed by atoms with E-state index in [1.165, 1.54) is 5.56 Å². The highest BCUT2D eigenvalue weighted by Crippen LogP contribution is 2.40. The van der Waals surface area contributed by atoms with E-state index in [0.29, 0.717) is 0 Å². The summed E-state index contributed by atoms with van der Waals surface area (Å²) in [4.78, 5) is 0. The van der Waals surface area contributed by atoms with Crippen molar-refractivity contribution in [2.45, 2.75) is 43.6 Å². The summed E-state index contributed by atoms with van der Waals surface area (Å²) in [5.41, 5.74) is 11.2. The first-order valence-corrected chi connectivity index (χ1v) is 8.62. The minimum absolute atomic E-state index is 0.188. The van der Waals surface area contributed by atoms with Crippen LogP contribution < -0.4 is 16.3 Å². The van der Waals surface area contributed by atoms with Gasteiger partial charge in [0.05, 0.1) is 11.3 Å². The number of benzene rings is 1. The number of thioether (sulfide) groups is 1. The molecule has 0 amide bonds. The molecule has 0 aromatic heterocycles. The standard InChI is InChI=1S/C15H20N6S/c1-3-15(4-2)19-18-14-21(20-15)13-12(22-14)11(16-17-13)10-8-6-5-7-9-10/h5-9,11-12,16,19-20H,3-4H2,1-2H3. The van der Waals surface area contributed by atoms with E-state index < -0.39 is 0 Å². The molecular formula is C15H20N6S. The fourth-order valence-corrected chi connectivity index (χ4v) is 4.22. The number of nitrogens with one attached hydrogen (secondary N) is 3. The molecule has 1 saturated heterocycles. The molecule has 0 saturated carbocycles. The van der Waals surface area contributed by atoms with Crippen LogP contribution in [-0.2, 0) is 0 Å². The first-order chi connectivity index (χ1) is 10.8. The van der Waals surface area contributed by atoms with Gasteiger partial charge in [0.2, 0.25) is 5.17 Å². The summed E-state index contributed by atoms with van der Waals surface area (Å²) >= 11 is 1.75. The Labute approximate surface area is 134 Å². The number of rotatable bonds is 3. The molecule has 0 aliphatic carbocycles. The van der Waals surface area contributed by atoms with Crippen molar-refractivity contribution in [2.75, 3.05) is 0 Å². The second kappa shape index (κ2) is 5.17. The van der Waals surface area contributed by atoms with Gasteiger partial charge in [-0.05, 0) is 18.4 Å². The summed E-state index contributed by atoms with van der Waals surface area (Å²) in [6, 6.07) is 10.6. The van der Waals surface area contributed by atoms with Crippen LogP contribution in [0.25, 0.3) is 0 Å². The van der Waals surface area contributed by atoms with E-state index in [2.05, 4.69) is 69.6 Å². The quantitative estimate of drug-likeness (QED) is 0.795. The van der Waals surface area contributed by atoms with Crippen LogP contribution in [0.15, 0.2) is 40.5 Å². The third kappa shape index (κ3) is 1.99. The van der Waals surface area contributed by atoms with E-state index in [4.69, 9.17) is 0 Å². The van der Waals surface area contributed by atoms with Crippen LogP contribution >= 0.6 is 11.8 Å². The first-order valence-electron chi connectivity index (χ1n) is 7.74. The largest absolute Gasteiger partial charge is 0.299 e. The van der Waals surface area contributed by atoms with Crippen LogP contribution in [-0.4, -0.2) is 26.9 Å². The molecule has 4 rings (SSSR count). The van der Waals surface area contributed by atoms with Crippen LogP contribution in [0.2, 0.25) is 0 Å². The fourth-order valence-electron chi connectivity index (χ4n) is 3.03. The van der Waals surface area contributed by atoms with E-state index in [-0.39, 0.29) is 17.0 Å². The summed E-state index contributed by atoms with van der Waals surface area (Å²) in [5, 5.41) is 12.4. The highest BCUT2D eigenvalue weighted by Gasteiger charge is 2.49. The number of hydrazone groups is 2. The molecule has 0 spiro atoms. The van der Waals surface area contributed by atoms with Crippen molar-refractivity contribution in [2.24, 2.45) is 10.2 Å². The van der Waals surface area contributed by atoms with Crippen LogP contribution in [0.3, 0.4) is 0 Å². The van der Waals surface area contributed by atoms with E-state index in [9.17, 15) is 0 Å². The molecule has 1 aromatic rings. The lowest BCUT2D eigenvalue weighted by atomic mass is 10.0. The van der Waals surface area contributed by atoms with Crippen molar-refractivity contribution in [1.29, 1.82) is 0 Å². The van der Waals surface area contributed by atoms with Gasteiger partial charge in [-0.2, -0.15) is 15.6 Å². The van der Waals surface area contributed by atoms with Gasteiger partial charge >= 0.3 is 0 Å². The molecule has 116 valence electrons. The van der Waals surface area contributed by atoms with Gasteiger partial charge in [0.25, 0.3) is 0 Å². The van der Waals surface area contributed by atoms with Crippen LogP contribution in [0, 0.1) is 0 Å². The number of amidine groups is 2. The lowest BCUT2D eigenvalue weighted by molar-refractivity contribution is 0.156. The van der Waals surface area contributed by atoms with Crippen LogP contribution in [0.4, 0.5) is 0 Å². The van der Waals surface area contributed by atoms with Gasteiger partial charge in [0, 0.05) is 0 Å². The molecule has 7 heteroatoms. The third-order valence-electron chi connectivity index (χ3n) is 4.59. The number of hydrogen-bond acceptors (Lipinski definition) is 7. The second-order valence-electron chi connectivity index (χ2n) is 5.77. The molecular weight excluding hydrogens is 296 g/mol. The molecule has 0 bridgehead atoms. The van der Waals surface area contributed by atoms with Crippen molar-refractivity contribution in [3.8, 4) is 0 Å². The number of hydrazine groups is 1. The smallest absolute Gasteiger partial charge is 0.204 e. The molecule has 3 aliphatic rings. The molecule has 2 unspecified atom stereocenters. The predicted molar refractivity (Wildman–Crippen MR) is 90.0 cm³/mol. The molecule has 0 radical (unpaired) electrons. The van der Waals surface area contributed by atoms with E-state index in [0.717, 1.165) is 23.8 Å². The Morgan fingerprint density at radius 3 is 2.68 bits per heavy atom. The summed E-state index contributed by atoms with van der Waals surface area (Å²) in [7, 11) is 0. The molecule has 22 heavy (non-hydrogen) atoms. The lowest BCUT2D eigenvalue weighted by Crippen LogP contribution is -2.65. The van der Waals surface area contributed by atoms with Gasteiger partial charge in [-0.1, -0.05) is 55.9 Å².